The lowest BCUT2D eigenvalue weighted by Crippen LogP contribution is -2.43. The molecule has 1 N–H and O–H groups in total. The Labute approximate surface area is 137 Å². The van der Waals surface area contributed by atoms with Gasteiger partial charge < -0.3 is 14.8 Å². The van der Waals surface area contributed by atoms with Gasteiger partial charge in [0.15, 0.2) is 5.78 Å². The third kappa shape index (κ3) is 10.3. The minimum absolute atomic E-state index is 0.111. The third-order valence-electron chi connectivity index (χ3n) is 4.27. The zero-order valence-electron chi connectivity index (χ0n) is 15.4. The fourth-order valence-corrected chi connectivity index (χ4v) is 2.50. The maximum atomic E-state index is 11.7. The third-order valence-corrected chi connectivity index (χ3v) is 4.27. The van der Waals surface area contributed by atoms with Gasteiger partial charge in [-0.3, -0.25) is 4.79 Å². The monoisotopic (exact) mass is 315 g/mol. The van der Waals surface area contributed by atoms with Crippen LogP contribution in [0.3, 0.4) is 0 Å². The van der Waals surface area contributed by atoms with Gasteiger partial charge in [-0.25, -0.2) is 0 Å². The van der Waals surface area contributed by atoms with E-state index >= 15 is 0 Å². The summed E-state index contributed by atoms with van der Waals surface area (Å²) in [5.41, 5.74) is 0.219. The van der Waals surface area contributed by atoms with Crippen LogP contribution in [0.25, 0.3) is 0 Å². The number of carbonyl (C=O) groups excluding carboxylic acids is 1. The lowest BCUT2D eigenvalue weighted by molar-refractivity contribution is -0.127. The highest BCUT2D eigenvalue weighted by molar-refractivity contribution is 5.81. The number of Topliss-reactive ketones (excluding diaryl/α,β-unsaturated/α-hetero) is 1. The van der Waals surface area contributed by atoms with Gasteiger partial charge in [-0.15, -0.1) is 0 Å². The minimum Gasteiger partial charge on any atom is -0.378 e. The summed E-state index contributed by atoms with van der Waals surface area (Å²) in [5, 5.41) is 3.56. The van der Waals surface area contributed by atoms with Crippen LogP contribution in [0.1, 0.15) is 66.7 Å². The molecule has 0 aliphatic rings. The molecular weight excluding hydrogens is 278 g/mol. The highest BCUT2D eigenvalue weighted by atomic mass is 16.5. The summed E-state index contributed by atoms with van der Waals surface area (Å²) in [6.45, 7) is 13.6. The van der Waals surface area contributed by atoms with E-state index in [1.807, 2.05) is 6.92 Å². The molecule has 132 valence electrons. The average molecular weight is 315 g/mol. The zero-order valence-corrected chi connectivity index (χ0v) is 15.4. The van der Waals surface area contributed by atoms with E-state index in [9.17, 15) is 4.79 Å². The second-order valence-electron chi connectivity index (χ2n) is 6.41. The SMILES string of the molecule is CCCC(C)C(=O)COCCOCCNC(C)(CC)CCC. The summed E-state index contributed by atoms with van der Waals surface area (Å²) in [6, 6.07) is 0. The molecule has 0 radical (unpaired) electrons. The first-order chi connectivity index (χ1) is 10.5. The van der Waals surface area contributed by atoms with Crippen molar-refractivity contribution >= 4 is 5.78 Å². The summed E-state index contributed by atoms with van der Waals surface area (Å²) in [6.07, 6.45) is 5.49. The van der Waals surface area contributed by atoms with Crippen molar-refractivity contribution in [2.45, 2.75) is 72.3 Å². The highest BCUT2D eigenvalue weighted by Crippen LogP contribution is 2.15. The lowest BCUT2D eigenvalue weighted by Gasteiger charge is -2.29. The van der Waals surface area contributed by atoms with Gasteiger partial charge in [0.25, 0.3) is 0 Å². The Morgan fingerprint density at radius 1 is 1.09 bits per heavy atom. The van der Waals surface area contributed by atoms with Gasteiger partial charge in [0, 0.05) is 18.0 Å². The second-order valence-corrected chi connectivity index (χ2v) is 6.41. The molecule has 4 heteroatoms. The first kappa shape index (κ1) is 21.6. The largest absolute Gasteiger partial charge is 0.378 e. The molecular formula is C18H37NO3. The Bertz CT molecular complexity index is 284. The topological polar surface area (TPSA) is 47.6 Å². The molecule has 2 atom stereocenters. The highest BCUT2D eigenvalue weighted by Gasteiger charge is 2.19. The number of ether oxygens (including phenoxy) is 2. The van der Waals surface area contributed by atoms with Gasteiger partial charge in [-0.1, -0.05) is 40.5 Å². The molecule has 0 amide bonds. The lowest BCUT2D eigenvalue weighted by atomic mass is 9.93. The number of hydrogen-bond donors (Lipinski definition) is 1. The van der Waals surface area contributed by atoms with Crippen LogP contribution in [-0.2, 0) is 14.3 Å². The van der Waals surface area contributed by atoms with Crippen molar-refractivity contribution in [2.75, 3.05) is 33.0 Å². The number of nitrogens with one attached hydrogen (secondary N) is 1. The van der Waals surface area contributed by atoms with Gasteiger partial charge in [-0.05, 0) is 26.2 Å². The minimum atomic E-state index is 0.111. The zero-order chi connectivity index (χ0) is 16.8. The summed E-state index contributed by atoms with van der Waals surface area (Å²) < 4.78 is 10.9. The molecule has 0 aromatic rings. The average Bonchev–Trinajstić information content (AvgIpc) is 2.50. The predicted octanol–water partition coefficient (Wildman–Crippen LogP) is 3.58. The fraction of sp³-hybridized carbons (Fsp3) is 0.944. The van der Waals surface area contributed by atoms with Crippen molar-refractivity contribution in [1.82, 2.24) is 5.32 Å². The van der Waals surface area contributed by atoms with Crippen molar-refractivity contribution in [3.8, 4) is 0 Å². The summed E-state index contributed by atoms with van der Waals surface area (Å²) in [4.78, 5) is 11.7. The molecule has 2 unspecified atom stereocenters. The van der Waals surface area contributed by atoms with E-state index in [1.54, 1.807) is 0 Å². The van der Waals surface area contributed by atoms with Crippen LogP contribution in [0.2, 0.25) is 0 Å². The summed E-state index contributed by atoms with van der Waals surface area (Å²) in [7, 11) is 0. The fourth-order valence-electron chi connectivity index (χ4n) is 2.50. The maximum absolute atomic E-state index is 11.7. The molecule has 0 saturated heterocycles. The van der Waals surface area contributed by atoms with Crippen molar-refractivity contribution in [1.29, 1.82) is 0 Å². The van der Waals surface area contributed by atoms with E-state index in [0.717, 1.165) is 25.8 Å². The van der Waals surface area contributed by atoms with E-state index in [2.05, 4.69) is 33.0 Å². The molecule has 0 saturated carbocycles. The molecule has 0 aliphatic heterocycles. The number of rotatable bonds is 15. The molecule has 0 spiro atoms. The quantitative estimate of drug-likeness (QED) is 0.469. The second kappa shape index (κ2) is 13.0. The first-order valence-electron chi connectivity index (χ1n) is 8.92. The van der Waals surface area contributed by atoms with Crippen molar-refractivity contribution in [3.05, 3.63) is 0 Å². The molecule has 0 aliphatic carbocycles. The van der Waals surface area contributed by atoms with Gasteiger partial charge >= 0.3 is 0 Å². The maximum Gasteiger partial charge on any atom is 0.161 e. The van der Waals surface area contributed by atoms with Crippen molar-refractivity contribution in [2.24, 2.45) is 5.92 Å². The van der Waals surface area contributed by atoms with Crippen LogP contribution in [0, 0.1) is 5.92 Å². The van der Waals surface area contributed by atoms with Gasteiger partial charge in [0.05, 0.1) is 19.8 Å². The number of carbonyl (C=O) groups is 1. The Kier molecular flexibility index (Phi) is 12.8. The van der Waals surface area contributed by atoms with Crippen molar-refractivity contribution < 1.29 is 14.3 Å². The Hall–Kier alpha value is -0.450. The van der Waals surface area contributed by atoms with Crippen LogP contribution in [0.4, 0.5) is 0 Å². The number of hydrogen-bond acceptors (Lipinski definition) is 4. The van der Waals surface area contributed by atoms with Gasteiger partial charge in [-0.2, -0.15) is 0 Å². The standard InChI is InChI=1S/C18H37NO3/c1-6-9-16(4)17(20)15-22-14-13-21-12-11-19-18(5,8-3)10-7-2/h16,19H,6-15H2,1-5H3. The molecule has 22 heavy (non-hydrogen) atoms. The molecule has 0 fully saturated rings. The van der Waals surface area contributed by atoms with E-state index in [1.165, 1.54) is 12.8 Å². The van der Waals surface area contributed by atoms with E-state index in [-0.39, 0.29) is 23.8 Å². The Balaban J connectivity index is 3.53. The van der Waals surface area contributed by atoms with Gasteiger partial charge in [0.1, 0.15) is 6.61 Å². The number of ketones is 1. The van der Waals surface area contributed by atoms with E-state index in [0.29, 0.717) is 19.8 Å². The molecule has 0 rings (SSSR count). The normalized spacial score (nSPS) is 15.5. The molecule has 0 aromatic heterocycles. The van der Waals surface area contributed by atoms with Crippen LogP contribution < -0.4 is 5.32 Å². The van der Waals surface area contributed by atoms with Crippen LogP contribution in [0.5, 0.6) is 0 Å². The van der Waals surface area contributed by atoms with Crippen LogP contribution in [0.15, 0.2) is 0 Å². The van der Waals surface area contributed by atoms with Crippen LogP contribution >= 0.6 is 0 Å². The van der Waals surface area contributed by atoms with E-state index in [4.69, 9.17) is 9.47 Å². The summed E-state index contributed by atoms with van der Waals surface area (Å²) in [5.74, 6) is 0.308. The van der Waals surface area contributed by atoms with E-state index < -0.39 is 0 Å². The Morgan fingerprint density at radius 3 is 2.36 bits per heavy atom. The summed E-state index contributed by atoms with van der Waals surface area (Å²) >= 11 is 0. The molecule has 0 bridgehead atoms. The Morgan fingerprint density at radius 2 is 1.77 bits per heavy atom. The van der Waals surface area contributed by atoms with Gasteiger partial charge in [0.2, 0.25) is 0 Å². The van der Waals surface area contributed by atoms with Crippen molar-refractivity contribution in [3.63, 3.8) is 0 Å². The predicted molar refractivity (Wildman–Crippen MR) is 92.3 cm³/mol. The van der Waals surface area contributed by atoms with Crippen LogP contribution in [-0.4, -0.2) is 44.3 Å². The first-order valence-corrected chi connectivity index (χ1v) is 8.92. The molecule has 0 aromatic carbocycles. The molecule has 4 nitrogen and oxygen atoms in total. The molecule has 0 heterocycles. The smallest absolute Gasteiger partial charge is 0.161 e.